The van der Waals surface area contributed by atoms with Gasteiger partial charge in [0, 0.05) is 38.3 Å². The molecule has 2 rings (SSSR count). The van der Waals surface area contributed by atoms with Crippen LogP contribution < -0.4 is 14.8 Å². The fourth-order valence-electron chi connectivity index (χ4n) is 2.72. The first-order valence-corrected chi connectivity index (χ1v) is 6.96. The van der Waals surface area contributed by atoms with Crippen molar-refractivity contribution < 1.29 is 9.47 Å². The van der Waals surface area contributed by atoms with Gasteiger partial charge in [-0.1, -0.05) is 6.92 Å². The lowest BCUT2D eigenvalue weighted by molar-refractivity contribution is 0.169. The second-order valence-corrected chi connectivity index (χ2v) is 4.86. The van der Waals surface area contributed by atoms with Gasteiger partial charge in [0.1, 0.15) is 11.5 Å². The molecule has 0 spiro atoms. The second-order valence-electron chi connectivity index (χ2n) is 4.86. The monoisotopic (exact) mass is 336 g/mol. The molecule has 1 atom stereocenters. The van der Waals surface area contributed by atoms with E-state index in [1.807, 2.05) is 6.07 Å². The maximum atomic E-state index is 5.37. The Kier molecular flexibility index (Phi) is 9.79. The van der Waals surface area contributed by atoms with Crippen LogP contribution in [0.5, 0.6) is 11.5 Å². The van der Waals surface area contributed by atoms with Gasteiger partial charge in [-0.2, -0.15) is 0 Å². The minimum absolute atomic E-state index is 0. The summed E-state index contributed by atoms with van der Waals surface area (Å²) in [5, 5.41) is 3.40. The Morgan fingerprint density at radius 1 is 1.05 bits per heavy atom. The van der Waals surface area contributed by atoms with Crippen molar-refractivity contribution in [3.05, 3.63) is 23.8 Å². The van der Waals surface area contributed by atoms with Crippen molar-refractivity contribution in [2.75, 3.05) is 40.4 Å². The number of ether oxygens (including phenoxy) is 2. The Bertz CT molecular complexity index is 390. The van der Waals surface area contributed by atoms with Gasteiger partial charge in [0.05, 0.1) is 14.2 Å². The molecule has 0 aromatic heterocycles. The van der Waals surface area contributed by atoms with E-state index in [0.29, 0.717) is 6.04 Å². The average Bonchev–Trinajstić information content (AvgIpc) is 2.48. The van der Waals surface area contributed by atoms with Crippen molar-refractivity contribution in [2.24, 2.45) is 0 Å². The molecule has 0 unspecified atom stereocenters. The molecule has 1 aliphatic rings. The third-order valence-electron chi connectivity index (χ3n) is 3.74. The van der Waals surface area contributed by atoms with Gasteiger partial charge in [-0.15, -0.1) is 24.8 Å². The van der Waals surface area contributed by atoms with Crippen molar-refractivity contribution >= 4 is 24.8 Å². The zero-order valence-electron chi connectivity index (χ0n) is 12.9. The number of nitrogens with zero attached hydrogens (tertiary/aromatic N) is 1. The van der Waals surface area contributed by atoms with Crippen LogP contribution in [0, 0.1) is 0 Å². The van der Waals surface area contributed by atoms with E-state index in [1.54, 1.807) is 14.2 Å². The molecule has 1 aromatic rings. The fourth-order valence-corrected chi connectivity index (χ4v) is 2.72. The highest BCUT2D eigenvalue weighted by Crippen LogP contribution is 2.31. The molecule has 6 heteroatoms. The lowest BCUT2D eigenvalue weighted by Crippen LogP contribution is -2.45. The van der Waals surface area contributed by atoms with Crippen molar-refractivity contribution in [3.8, 4) is 11.5 Å². The molecule has 1 aliphatic heterocycles. The Morgan fingerprint density at radius 2 is 1.57 bits per heavy atom. The maximum Gasteiger partial charge on any atom is 0.122 e. The normalized spacial score (nSPS) is 16.3. The van der Waals surface area contributed by atoms with Gasteiger partial charge >= 0.3 is 0 Å². The van der Waals surface area contributed by atoms with E-state index in [9.17, 15) is 0 Å². The predicted octanol–water partition coefficient (Wildman–Crippen LogP) is 2.90. The van der Waals surface area contributed by atoms with E-state index in [-0.39, 0.29) is 24.8 Å². The van der Waals surface area contributed by atoms with Crippen molar-refractivity contribution in [2.45, 2.75) is 19.4 Å². The van der Waals surface area contributed by atoms with Crippen LogP contribution in [0.1, 0.15) is 24.9 Å². The molecular weight excluding hydrogens is 311 g/mol. The van der Waals surface area contributed by atoms with Gasteiger partial charge in [-0.3, -0.25) is 4.90 Å². The Balaban J connectivity index is 0.00000200. The summed E-state index contributed by atoms with van der Waals surface area (Å²) >= 11 is 0. The van der Waals surface area contributed by atoms with Crippen LogP contribution in [0.3, 0.4) is 0 Å². The van der Waals surface area contributed by atoms with Crippen LogP contribution in [0.15, 0.2) is 18.2 Å². The molecule has 4 nitrogen and oxygen atoms in total. The van der Waals surface area contributed by atoms with E-state index in [1.165, 1.54) is 5.56 Å². The number of benzene rings is 1. The third kappa shape index (κ3) is 5.22. The number of methoxy groups -OCH3 is 2. The maximum absolute atomic E-state index is 5.37. The van der Waals surface area contributed by atoms with Gasteiger partial charge in [0.15, 0.2) is 0 Å². The number of halogens is 2. The molecule has 122 valence electrons. The summed E-state index contributed by atoms with van der Waals surface area (Å²) in [5.41, 5.74) is 1.28. The van der Waals surface area contributed by atoms with Crippen LogP contribution in [0.2, 0.25) is 0 Å². The summed E-state index contributed by atoms with van der Waals surface area (Å²) in [6.07, 6.45) is 1.09. The van der Waals surface area contributed by atoms with Gasteiger partial charge in [0.25, 0.3) is 0 Å². The zero-order chi connectivity index (χ0) is 13.7. The van der Waals surface area contributed by atoms with E-state index in [0.717, 1.165) is 44.1 Å². The summed E-state index contributed by atoms with van der Waals surface area (Å²) in [6.45, 7) is 6.56. The highest BCUT2D eigenvalue weighted by Gasteiger charge is 2.21. The number of hydrogen-bond donors (Lipinski definition) is 1. The van der Waals surface area contributed by atoms with Gasteiger partial charge in [0.2, 0.25) is 0 Å². The molecule has 1 heterocycles. The highest BCUT2D eigenvalue weighted by molar-refractivity contribution is 5.85. The predicted molar refractivity (Wildman–Crippen MR) is 91.5 cm³/mol. The van der Waals surface area contributed by atoms with E-state index in [2.05, 4.69) is 29.3 Å². The molecular formula is C15H26Cl2N2O2. The van der Waals surface area contributed by atoms with Gasteiger partial charge in [-0.25, -0.2) is 0 Å². The van der Waals surface area contributed by atoms with E-state index in [4.69, 9.17) is 9.47 Å². The fraction of sp³-hybridized carbons (Fsp3) is 0.600. The van der Waals surface area contributed by atoms with Crippen LogP contribution >= 0.6 is 24.8 Å². The number of piperazine rings is 1. The van der Waals surface area contributed by atoms with Crippen molar-refractivity contribution in [3.63, 3.8) is 0 Å². The van der Waals surface area contributed by atoms with E-state index >= 15 is 0 Å². The van der Waals surface area contributed by atoms with Crippen LogP contribution in [-0.4, -0.2) is 45.3 Å². The largest absolute Gasteiger partial charge is 0.497 e. The molecule has 0 radical (unpaired) electrons. The zero-order valence-corrected chi connectivity index (χ0v) is 14.6. The van der Waals surface area contributed by atoms with Crippen molar-refractivity contribution in [1.29, 1.82) is 0 Å². The molecule has 1 saturated heterocycles. The highest BCUT2D eigenvalue weighted by atomic mass is 35.5. The summed E-state index contributed by atoms with van der Waals surface area (Å²) in [6, 6.07) is 6.61. The van der Waals surface area contributed by atoms with Crippen LogP contribution in [0.4, 0.5) is 0 Å². The molecule has 0 bridgehead atoms. The van der Waals surface area contributed by atoms with Crippen LogP contribution in [-0.2, 0) is 0 Å². The van der Waals surface area contributed by atoms with Crippen molar-refractivity contribution in [1.82, 2.24) is 10.2 Å². The molecule has 1 N–H and O–H groups in total. The standard InChI is InChI=1S/C15H24N2O2.2ClH/c1-4-15(17-7-5-16-6-8-17)12-9-13(18-2)11-14(10-12)19-3;;/h9-11,15-16H,4-8H2,1-3H3;2*1H/t15-;;/m1../s1. The smallest absolute Gasteiger partial charge is 0.122 e. The first-order chi connectivity index (χ1) is 9.28. The number of nitrogens with one attached hydrogen (secondary N) is 1. The summed E-state index contributed by atoms with van der Waals surface area (Å²) in [4.78, 5) is 2.53. The minimum Gasteiger partial charge on any atom is -0.497 e. The number of hydrogen-bond acceptors (Lipinski definition) is 4. The lowest BCUT2D eigenvalue weighted by atomic mass is 10.0. The van der Waals surface area contributed by atoms with Gasteiger partial charge < -0.3 is 14.8 Å². The minimum atomic E-state index is 0. The molecule has 21 heavy (non-hydrogen) atoms. The molecule has 1 aromatic carbocycles. The number of rotatable bonds is 5. The Morgan fingerprint density at radius 3 is 2.00 bits per heavy atom. The SMILES string of the molecule is CC[C@H](c1cc(OC)cc(OC)c1)N1CCNCC1.Cl.Cl. The third-order valence-corrected chi connectivity index (χ3v) is 3.74. The summed E-state index contributed by atoms with van der Waals surface area (Å²) < 4.78 is 10.7. The molecule has 0 amide bonds. The van der Waals surface area contributed by atoms with Crippen LogP contribution in [0.25, 0.3) is 0 Å². The van der Waals surface area contributed by atoms with Gasteiger partial charge in [-0.05, 0) is 24.1 Å². The molecule has 0 saturated carbocycles. The Labute approximate surface area is 140 Å². The van der Waals surface area contributed by atoms with E-state index < -0.39 is 0 Å². The topological polar surface area (TPSA) is 33.7 Å². The quantitative estimate of drug-likeness (QED) is 0.896. The first kappa shape index (κ1) is 20.3. The summed E-state index contributed by atoms with van der Waals surface area (Å²) in [5.74, 6) is 1.73. The Hall–Kier alpha value is -0.680. The average molecular weight is 337 g/mol. The molecule has 1 fully saturated rings. The summed E-state index contributed by atoms with van der Waals surface area (Å²) in [7, 11) is 3.40. The first-order valence-electron chi connectivity index (χ1n) is 6.96. The lowest BCUT2D eigenvalue weighted by Gasteiger charge is -2.35. The molecule has 0 aliphatic carbocycles. The second kappa shape index (κ2) is 10.1.